The van der Waals surface area contributed by atoms with Crippen LogP contribution in [0, 0.1) is 12.8 Å². The lowest BCUT2D eigenvalue weighted by Gasteiger charge is -2.17. The molecule has 0 saturated heterocycles. The first kappa shape index (κ1) is 15.0. The van der Waals surface area contributed by atoms with Gasteiger partial charge in [-0.05, 0) is 31.4 Å². The normalized spacial score (nSPS) is 12.2. The summed E-state index contributed by atoms with van der Waals surface area (Å²) >= 11 is 0. The third-order valence-electron chi connectivity index (χ3n) is 2.71. The van der Waals surface area contributed by atoms with Crippen molar-refractivity contribution in [2.45, 2.75) is 33.2 Å². The molecule has 19 heavy (non-hydrogen) atoms. The molecule has 1 unspecified atom stereocenters. The van der Waals surface area contributed by atoms with Gasteiger partial charge in [0.2, 0.25) is 0 Å². The van der Waals surface area contributed by atoms with Crippen LogP contribution in [-0.4, -0.2) is 28.1 Å². The van der Waals surface area contributed by atoms with Crippen LogP contribution < -0.4 is 5.32 Å². The minimum Gasteiger partial charge on any atom is -0.507 e. The highest BCUT2D eigenvalue weighted by molar-refractivity contribution is 5.98. The number of aryl methyl sites for hydroxylation is 1. The van der Waals surface area contributed by atoms with Gasteiger partial charge < -0.3 is 15.5 Å². The van der Waals surface area contributed by atoms with E-state index in [1.807, 2.05) is 13.8 Å². The standard InChI is InChI=1S/C14H19NO4/c1-8(2)6-11(14(18)19)15-13(17)10-7-9(3)4-5-12(10)16/h4-5,7-8,11,16H,6H2,1-3H3,(H,15,17)(H,18,19). The Labute approximate surface area is 112 Å². The van der Waals surface area contributed by atoms with Gasteiger partial charge in [0, 0.05) is 0 Å². The molecule has 1 atom stereocenters. The Balaban J connectivity index is 2.87. The lowest BCUT2D eigenvalue weighted by Crippen LogP contribution is -2.41. The van der Waals surface area contributed by atoms with Crippen molar-refractivity contribution in [1.29, 1.82) is 0 Å². The minimum atomic E-state index is -1.07. The van der Waals surface area contributed by atoms with Crippen molar-refractivity contribution in [3.05, 3.63) is 29.3 Å². The second-order valence-corrected chi connectivity index (χ2v) is 5.01. The number of phenols is 1. The van der Waals surface area contributed by atoms with Crippen LogP contribution in [-0.2, 0) is 4.79 Å². The molecule has 0 heterocycles. The highest BCUT2D eigenvalue weighted by atomic mass is 16.4. The van der Waals surface area contributed by atoms with E-state index in [-0.39, 0.29) is 17.2 Å². The number of carbonyl (C=O) groups excluding carboxylic acids is 1. The fourth-order valence-electron chi connectivity index (χ4n) is 1.76. The van der Waals surface area contributed by atoms with E-state index in [2.05, 4.69) is 5.32 Å². The van der Waals surface area contributed by atoms with Gasteiger partial charge in [0.1, 0.15) is 11.8 Å². The molecule has 1 rings (SSSR count). The van der Waals surface area contributed by atoms with Gasteiger partial charge in [-0.3, -0.25) is 4.79 Å². The molecule has 0 aliphatic rings. The van der Waals surface area contributed by atoms with Crippen LogP contribution in [0.4, 0.5) is 0 Å². The number of benzene rings is 1. The van der Waals surface area contributed by atoms with Crippen molar-refractivity contribution in [3.8, 4) is 5.75 Å². The molecule has 0 radical (unpaired) electrons. The highest BCUT2D eigenvalue weighted by Crippen LogP contribution is 2.18. The molecule has 0 fully saturated rings. The molecule has 1 aromatic rings. The van der Waals surface area contributed by atoms with Crippen LogP contribution in [0.1, 0.15) is 36.2 Å². The molecule has 0 aromatic heterocycles. The maximum Gasteiger partial charge on any atom is 0.326 e. The highest BCUT2D eigenvalue weighted by Gasteiger charge is 2.22. The van der Waals surface area contributed by atoms with Gasteiger partial charge in [-0.2, -0.15) is 0 Å². The average molecular weight is 265 g/mol. The molecule has 0 saturated carbocycles. The van der Waals surface area contributed by atoms with Crippen LogP contribution in [0.25, 0.3) is 0 Å². The Kier molecular flexibility index (Phi) is 4.92. The van der Waals surface area contributed by atoms with Crippen molar-refractivity contribution < 1.29 is 19.8 Å². The number of aliphatic carboxylic acids is 1. The fraction of sp³-hybridized carbons (Fsp3) is 0.429. The fourth-order valence-corrected chi connectivity index (χ4v) is 1.76. The Morgan fingerprint density at radius 3 is 2.47 bits per heavy atom. The summed E-state index contributed by atoms with van der Waals surface area (Å²) in [7, 11) is 0. The monoisotopic (exact) mass is 265 g/mol. The van der Waals surface area contributed by atoms with Crippen molar-refractivity contribution in [2.75, 3.05) is 0 Å². The Hall–Kier alpha value is -2.04. The molecule has 3 N–H and O–H groups in total. The Morgan fingerprint density at radius 2 is 1.95 bits per heavy atom. The number of phenolic OH excluding ortho intramolecular Hbond substituents is 1. The Morgan fingerprint density at radius 1 is 1.32 bits per heavy atom. The molecule has 5 nitrogen and oxygen atoms in total. The predicted octanol–water partition coefficient (Wildman–Crippen LogP) is 1.93. The quantitative estimate of drug-likeness (QED) is 0.759. The summed E-state index contributed by atoms with van der Waals surface area (Å²) in [6.07, 6.45) is 0.341. The van der Waals surface area contributed by atoms with Crippen LogP contribution in [0.3, 0.4) is 0 Å². The molecule has 1 aromatic carbocycles. The summed E-state index contributed by atoms with van der Waals surface area (Å²) in [5.74, 6) is -1.66. The van der Waals surface area contributed by atoms with E-state index in [9.17, 15) is 14.7 Å². The summed E-state index contributed by atoms with van der Waals surface area (Å²) in [6, 6.07) is 3.67. The van der Waals surface area contributed by atoms with E-state index < -0.39 is 17.9 Å². The van der Waals surface area contributed by atoms with Gasteiger partial charge >= 0.3 is 5.97 Å². The molecular weight excluding hydrogens is 246 g/mol. The van der Waals surface area contributed by atoms with E-state index in [0.29, 0.717) is 6.42 Å². The number of rotatable bonds is 5. The van der Waals surface area contributed by atoms with Crippen molar-refractivity contribution >= 4 is 11.9 Å². The topological polar surface area (TPSA) is 86.6 Å². The van der Waals surface area contributed by atoms with E-state index >= 15 is 0 Å². The van der Waals surface area contributed by atoms with Crippen molar-refractivity contribution in [1.82, 2.24) is 5.32 Å². The maximum atomic E-state index is 12.0. The summed E-state index contributed by atoms with van der Waals surface area (Å²) in [5.41, 5.74) is 0.911. The smallest absolute Gasteiger partial charge is 0.326 e. The first-order valence-electron chi connectivity index (χ1n) is 6.14. The van der Waals surface area contributed by atoms with E-state index in [0.717, 1.165) is 5.56 Å². The zero-order valence-corrected chi connectivity index (χ0v) is 11.3. The lowest BCUT2D eigenvalue weighted by atomic mass is 10.0. The maximum absolute atomic E-state index is 12.0. The molecule has 5 heteroatoms. The van der Waals surface area contributed by atoms with Crippen LogP contribution in [0.15, 0.2) is 18.2 Å². The summed E-state index contributed by atoms with van der Waals surface area (Å²) in [4.78, 5) is 23.1. The summed E-state index contributed by atoms with van der Waals surface area (Å²) in [5, 5.41) is 21.1. The molecule has 1 amide bonds. The average Bonchev–Trinajstić information content (AvgIpc) is 2.30. The number of carboxylic acids is 1. The molecular formula is C14H19NO4. The zero-order valence-electron chi connectivity index (χ0n) is 11.3. The second kappa shape index (κ2) is 6.22. The molecule has 0 bridgehead atoms. The number of hydrogen-bond donors (Lipinski definition) is 3. The van der Waals surface area contributed by atoms with Crippen LogP contribution in [0.5, 0.6) is 5.75 Å². The first-order valence-corrected chi connectivity index (χ1v) is 6.14. The van der Waals surface area contributed by atoms with E-state index in [1.165, 1.54) is 12.1 Å². The van der Waals surface area contributed by atoms with Gasteiger partial charge in [0.05, 0.1) is 5.56 Å². The number of carboxylic acid groups (broad SMARTS) is 1. The Bertz CT molecular complexity index is 482. The number of aromatic hydroxyl groups is 1. The SMILES string of the molecule is Cc1ccc(O)c(C(=O)NC(CC(C)C)C(=O)O)c1. The molecule has 0 aliphatic heterocycles. The zero-order chi connectivity index (χ0) is 14.6. The van der Waals surface area contributed by atoms with E-state index in [4.69, 9.17) is 5.11 Å². The predicted molar refractivity (Wildman–Crippen MR) is 71.2 cm³/mol. The number of hydrogen-bond acceptors (Lipinski definition) is 3. The van der Waals surface area contributed by atoms with Crippen molar-refractivity contribution in [2.24, 2.45) is 5.92 Å². The number of nitrogens with one attached hydrogen (secondary N) is 1. The minimum absolute atomic E-state index is 0.0926. The van der Waals surface area contributed by atoms with Gasteiger partial charge in [-0.25, -0.2) is 4.79 Å². The molecule has 0 spiro atoms. The van der Waals surface area contributed by atoms with Gasteiger partial charge in [0.25, 0.3) is 5.91 Å². The van der Waals surface area contributed by atoms with Crippen LogP contribution in [0.2, 0.25) is 0 Å². The summed E-state index contributed by atoms with van der Waals surface area (Å²) < 4.78 is 0. The van der Waals surface area contributed by atoms with Gasteiger partial charge in [-0.1, -0.05) is 25.5 Å². The second-order valence-electron chi connectivity index (χ2n) is 5.01. The number of amides is 1. The molecule has 104 valence electrons. The summed E-state index contributed by atoms with van der Waals surface area (Å²) in [6.45, 7) is 5.55. The molecule has 0 aliphatic carbocycles. The number of carbonyl (C=O) groups is 2. The lowest BCUT2D eigenvalue weighted by molar-refractivity contribution is -0.139. The van der Waals surface area contributed by atoms with Crippen LogP contribution >= 0.6 is 0 Å². The van der Waals surface area contributed by atoms with Gasteiger partial charge in [0.15, 0.2) is 0 Å². The first-order chi connectivity index (χ1) is 8.81. The third-order valence-corrected chi connectivity index (χ3v) is 2.71. The van der Waals surface area contributed by atoms with E-state index in [1.54, 1.807) is 13.0 Å². The van der Waals surface area contributed by atoms with Gasteiger partial charge in [-0.15, -0.1) is 0 Å². The largest absolute Gasteiger partial charge is 0.507 e. The van der Waals surface area contributed by atoms with Crippen molar-refractivity contribution in [3.63, 3.8) is 0 Å². The third kappa shape index (κ3) is 4.28.